The van der Waals surface area contributed by atoms with Crippen molar-refractivity contribution in [2.75, 3.05) is 32.8 Å². The van der Waals surface area contributed by atoms with E-state index in [1.165, 1.54) is 4.31 Å². The van der Waals surface area contributed by atoms with Gasteiger partial charge in [-0.2, -0.15) is 4.31 Å². The summed E-state index contributed by atoms with van der Waals surface area (Å²) in [5, 5.41) is 3.99. The minimum absolute atomic E-state index is 0.170. The Morgan fingerprint density at radius 1 is 1.06 bits per heavy atom. The molecule has 1 aromatic carbocycles. The first-order valence-corrected chi connectivity index (χ1v) is 13.5. The summed E-state index contributed by atoms with van der Waals surface area (Å²) in [6.07, 6.45) is 6.56. The van der Waals surface area contributed by atoms with E-state index in [-0.39, 0.29) is 36.4 Å². The molecule has 4 rings (SSSR count). The number of amides is 2. The van der Waals surface area contributed by atoms with E-state index in [0.717, 1.165) is 43.0 Å². The maximum absolute atomic E-state index is 13.2. The number of nitrogens with zero attached hydrogens (tertiary/aromatic N) is 3. The van der Waals surface area contributed by atoms with Gasteiger partial charge in [-0.05, 0) is 44.0 Å². The minimum Gasteiger partial charge on any atom is -0.466 e. The van der Waals surface area contributed by atoms with Gasteiger partial charge in [0.05, 0.1) is 23.5 Å². The van der Waals surface area contributed by atoms with Gasteiger partial charge in [-0.1, -0.05) is 19.3 Å². The maximum atomic E-state index is 13.2. The van der Waals surface area contributed by atoms with Crippen LogP contribution in [-0.4, -0.2) is 72.5 Å². The molecule has 2 fully saturated rings. The van der Waals surface area contributed by atoms with Crippen molar-refractivity contribution in [3.05, 3.63) is 30.5 Å². The molecule has 9 nitrogen and oxygen atoms in total. The smallest absolute Gasteiger partial charge is 0.317 e. The van der Waals surface area contributed by atoms with Crippen LogP contribution in [-0.2, 0) is 26.6 Å². The van der Waals surface area contributed by atoms with Crippen molar-refractivity contribution in [3.8, 4) is 0 Å². The van der Waals surface area contributed by atoms with E-state index in [1.54, 1.807) is 24.0 Å². The molecule has 2 amide bonds. The first-order chi connectivity index (χ1) is 16.2. The molecule has 0 spiro atoms. The molecule has 2 aliphatic rings. The van der Waals surface area contributed by atoms with Crippen molar-refractivity contribution < 1.29 is 22.7 Å². The number of hydrogen-bond acceptors (Lipinski definition) is 5. The lowest BCUT2D eigenvalue weighted by Crippen LogP contribution is -2.59. The summed E-state index contributed by atoms with van der Waals surface area (Å²) in [7, 11) is -1.73. The Morgan fingerprint density at radius 3 is 2.44 bits per heavy atom. The topological polar surface area (TPSA) is 101 Å². The van der Waals surface area contributed by atoms with Crippen molar-refractivity contribution in [2.24, 2.45) is 7.05 Å². The van der Waals surface area contributed by atoms with Gasteiger partial charge in [0.1, 0.15) is 0 Å². The number of rotatable bonds is 6. The molecule has 1 aromatic heterocycles. The van der Waals surface area contributed by atoms with E-state index in [0.29, 0.717) is 19.7 Å². The number of fused-ring (bicyclic) bond motifs is 1. The van der Waals surface area contributed by atoms with Gasteiger partial charge >= 0.3 is 12.0 Å². The van der Waals surface area contributed by atoms with Crippen molar-refractivity contribution >= 4 is 32.9 Å². The van der Waals surface area contributed by atoms with Crippen molar-refractivity contribution in [1.29, 1.82) is 0 Å². The summed E-state index contributed by atoms with van der Waals surface area (Å²) in [6, 6.07) is 6.81. The van der Waals surface area contributed by atoms with Gasteiger partial charge in [-0.15, -0.1) is 0 Å². The van der Waals surface area contributed by atoms with E-state index < -0.39 is 15.6 Å². The van der Waals surface area contributed by atoms with Gasteiger partial charge in [0.25, 0.3) is 0 Å². The van der Waals surface area contributed by atoms with Crippen LogP contribution in [0.5, 0.6) is 0 Å². The minimum atomic E-state index is -3.65. The summed E-state index contributed by atoms with van der Waals surface area (Å²) in [5.41, 5.74) is 0.385. The van der Waals surface area contributed by atoms with Crippen LogP contribution in [0.3, 0.4) is 0 Å². The third-order valence-electron chi connectivity index (χ3n) is 6.99. The lowest BCUT2D eigenvalue weighted by atomic mass is 9.79. The number of hydrogen-bond donors (Lipinski definition) is 1. The van der Waals surface area contributed by atoms with Gasteiger partial charge in [0, 0.05) is 50.3 Å². The molecule has 1 saturated heterocycles. The molecular weight excluding hydrogens is 456 g/mol. The number of urea groups is 1. The molecule has 0 unspecified atom stereocenters. The Hall–Kier alpha value is -2.59. The number of carbonyl (C=O) groups is 2. The molecule has 0 bridgehead atoms. The number of aromatic nitrogens is 1. The number of carbonyl (C=O) groups excluding carboxylic acids is 2. The summed E-state index contributed by atoms with van der Waals surface area (Å²) >= 11 is 0. The Labute approximate surface area is 201 Å². The fraction of sp³-hybridized carbons (Fsp3) is 0.583. The van der Waals surface area contributed by atoms with Crippen LogP contribution < -0.4 is 5.32 Å². The highest BCUT2D eigenvalue weighted by Gasteiger charge is 2.38. The molecule has 2 heterocycles. The number of benzene rings is 1. The molecular formula is C24H34N4O5S. The number of aryl methyl sites for hydroxylation is 1. The van der Waals surface area contributed by atoms with Gasteiger partial charge in [-0.3, -0.25) is 4.79 Å². The largest absolute Gasteiger partial charge is 0.466 e. The third kappa shape index (κ3) is 5.07. The number of sulfonamides is 1. The quantitative estimate of drug-likeness (QED) is 0.628. The zero-order valence-corrected chi connectivity index (χ0v) is 20.8. The van der Waals surface area contributed by atoms with E-state index >= 15 is 0 Å². The summed E-state index contributed by atoms with van der Waals surface area (Å²) < 4.78 is 35.0. The molecule has 2 aromatic rings. The number of nitrogens with one attached hydrogen (secondary N) is 1. The van der Waals surface area contributed by atoms with E-state index in [9.17, 15) is 18.0 Å². The number of esters is 1. The van der Waals surface area contributed by atoms with Crippen molar-refractivity contribution in [2.45, 2.75) is 55.9 Å². The Morgan fingerprint density at radius 2 is 1.76 bits per heavy atom. The highest BCUT2D eigenvalue weighted by atomic mass is 32.2. The van der Waals surface area contributed by atoms with Crippen LogP contribution in [0, 0.1) is 0 Å². The molecule has 10 heteroatoms. The van der Waals surface area contributed by atoms with E-state index in [2.05, 4.69) is 5.32 Å². The van der Waals surface area contributed by atoms with Crippen molar-refractivity contribution in [1.82, 2.24) is 19.1 Å². The molecule has 1 aliphatic heterocycles. The van der Waals surface area contributed by atoms with Crippen molar-refractivity contribution in [3.63, 3.8) is 0 Å². The van der Waals surface area contributed by atoms with Crippen LogP contribution in [0.4, 0.5) is 4.79 Å². The van der Waals surface area contributed by atoms with Gasteiger partial charge < -0.3 is 19.5 Å². The van der Waals surface area contributed by atoms with Gasteiger partial charge in [0.15, 0.2) is 0 Å². The number of ether oxygens (including phenoxy) is 1. The van der Waals surface area contributed by atoms with Gasteiger partial charge in [-0.25, -0.2) is 13.2 Å². The summed E-state index contributed by atoms with van der Waals surface area (Å²) in [4.78, 5) is 27.2. The second-order valence-corrected chi connectivity index (χ2v) is 11.2. The summed E-state index contributed by atoms with van der Waals surface area (Å²) in [5.74, 6) is -0.295. The Kier molecular flexibility index (Phi) is 7.18. The molecule has 1 saturated carbocycles. The Balaban J connectivity index is 1.39. The molecule has 186 valence electrons. The zero-order chi connectivity index (χ0) is 24.3. The second kappa shape index (κ2) is 9.95. The monoisotopic (exact) mass is 490 g/mol. The molecule has 1 N–H and O–H groups in total. The zero-order valence-electron chi connectivity index (χ0n) is 20.0. The molecule has 0 atom stereocenters. The predicted molar refractivity (Wildman–Crippen MR) is 129 cm³/mol. The molecule has 0 radical (unpaired) electrons. The fourth-order valence-corrected chi connectivity index (χ4v) is 6.53. The SMILES string of the molecule is CCOC(=O)CC1(NC(=O)N2CCN(S(=O)(=O)c3ccc4c(ccn4C)c3)CC2)CCCCC1. The van der Waals surface area contributed by atoms with Crippen LogP contribution in [0.25, 0.3) is 10.9 Å². The fourth-order valence-electron chi connectivity index (χ4n) is 5.07. The first-order valence-electron chi connectivity index (χ1n) is 12.0. The average molecular weight is 491 g/mol. The van der Waals surface area contributed by atoms with Crippen LogP contribution in [0.1, 0.15) is 45.4 Å². The standard InChI is InChI=1S/C24H34N4O5S/c1-3-33-22(29)18-24(10-5-4-6-11-24)25-23(30)27-13-15-28(16-14-27)34(31,32)20-7-8-21-19(17-20)9-12-26(21)2/h7-9,12,17H,3-6,10-11,13-16,18H2,1-2H3,(H,25,30). The number of piperazine rings is 1. The lowest BCUT2D eigenvalue weighted by molar-refractivity contribution is -0.145. The van der Waals surface area contributed by atoms with E-state index in [4.69, 9.17) is 4.74 Å². The molecule has 1 aliphatic carbocycles. The third-order valence-corrected chi connectivity index (χ3v) is 8.89. The summed E-state index contributed by atoms with van der Waals surface area (Å²) in [6.45, 7) is 3.15. The Bertz CT molecular complexity index is 1150. The first kappa shape index (κ1) is 24.5. The average Bonchev–Trinajstić information content (AvgIpc) is 3.20. The lowest BCUT2D eigenvalue weighted by Gasteiger charge is -2.40. The molecule has 34 heavy (non-hydrogen) atoms. The van der Waals surface area contributed by atoms with Crippen LogP contribution >= 0.6 is 0 Å². The van der Waals surface area contributed by atoms with Crippen LogP contribution in [0.15, 0.2) is 35.4 Å². The van der Waals surface area contributed by atoms with E-state index in [1.807, 2.05) is 29.9 Å². The van der Waals surface area contributed by atoms with Crippen LogP contribution in [0.2, 0.25) is 0 Å². The maximum Gasteiger partial charge on any atom is 0.317 e. The normalized spacial score (nSPS) is 19.2. The van der Waals surface area contributed by atoms with Gasteiger partial charge in [0.2, 0.25) is 10.0 Å². The highest BCUT2D eigenvalue weighted by Crippen LogP contribution is 2.32. The predicted octanol–water partition coefficient (Wildman–Crippen LogP) is 2.85. The highest BCUT2D eigenvalue weighted by molar-refractivity contribution is 7.89. The second-order valence-electron chi connectivity index (χ2n) is 9.29.